The van der Waals surface area contributed by atoms with Crippen molar-refractivity contribution in [2.75, 3.05) is 6.61 Å². The van der Waals surface area contributed by atoms with Gasteiger partial charge in [-0.1, -0.05) is 0 Å². The maximum atomic E-state index is 11.5. The second-order valence-electron chi connectivity index (χ2n) is 3.75. The summed E-state index contributed by atoms with van der Waals surface area (Å²) in [6.45, 7) is 1.88. The van der Waals surface area contributed by atoms with Crippen molar-refractivity contribution in [1.82, 2.24) is 4.98 Å². The minimum Gasteiger partial charge on any atom is -0.462 e. The molecule has 1 aromatic heterocycles. The van der Waals surface area contributed by atoms with E-state index in [0.29, 0.717) is 0 Å². The summed E-state index contributed by atoms with van der Waals surface area (Å²) in [4.78, 5) is 38.1. The zero-order valence-electron chi connectivity index (χ0n) is 9.91. The summed E-state index contributed by atoms with van der Waals surface area (Å²) in [5.41, 5.74) is 8.64. The van der Waals surface area contributed by atoms with Crippen molar-refractivity contribution >= 4 is 29.1 Å². The molecule has 0 saturated carbocycles. The fraction of sp³-hybridized carbons (Fsp3) is 0.400. The van der Waals surface area contributed by atoms with Gasteiger partial charge < -0.3 is 20.9 Å². The monoisotopic (exact) mass is 285 g/mol. The van der Waals surface area contributed by atoms with Crippen LogP contribution in [0.4, 0.5) is 0 Å². The highest BCUT2D eigenvalue weighted by atomic mass is 32.1. The fourth-order valence-corrected chi connectivity index (χ4v) is 2.58. The largest absolute Gasteiger partial charge is 0.462 e. The number of hydrogen-bond acceptors (Lipinski definition) is 7. The van der Waals surface area contributed by atoms with Crippen LogP contribution in [0.5, 0.6) is 0 Å². The maximum absolute atomic E-state index is 11.5. The lowest BCUT2D eigenvalue weighted by atomic mass is 10.1. The SMILES string of the molecule is CCOC(=O)c1cnc(C2(C(N)=O)OC2C(N)=O)s1. The number of primary amides is 2. The molecule has 19 heavy (non-hydrogen) atoms. The first-order valence-corrected chi connectivity index (χ1v) is 6.15. The average molecular weight is 285 g/mol. The number of carbonyl (C=O) groups is 3. The Morgan fingerprint density at radius 2 is 2.21 bits per heavy atom. The van der Waals surface area contributed by atoms with Gasteiger partial charge in [-0.25, -0.2) is 9.78 Å². The third-order valence-electron chi connectivity index (χ3n) is 2.54. The van der Waals surface area contributed by atoms with Gasteiger partial charge in [0.05, 0.1) is 12.8 Å². The quantitative estimate of drug-likeness (QED) is 0.519. The van der Waals surface area contributed by atoms with Crippen LogP contribution in [-0.2, 0) is 24.7 Å². The lowest BCUT2D eigenvalue weighted by Crippen LogP contribution is -2.36. The van der Waals surface area contributed by atoms with Crippen molar-refractivity contribution in [1.29, 1.82) is 0 Å². The fourth-order valence-electron chi connectivity index (χ4n) is 1.61. The number of amides is 2. The number of hydrogen-bond donors (Lipinski definition) is 2. The molecule has 2 unspecified atom stereocenters. The molecule has 0 spiro atoms. The molecule has 0 aromatic carbocycles. The molecule has 0 aliphatic carbocycles. The van der Waals surface area contributed by atoms with Gasteiger partial charge in [-0.2, -0.15) is 0 Å². The summed E-state index contributed by atoms with van der Waals surface area (Å²) < 4.78 is 9.81. The molecule has 0 bridgehead atoms. The number of nitrogens with two attached hydrogens (primary N) is 2. The van der Waals surface area contributed by atoms with Crippen molar-refractivity contribution in [2.24, 2.45) is 11.5 Å². The molecule has 0 radical (unpaired) electrons. The summed E-state index contributed by atoms with van der Waals surface area (Å²) in [5.74, 6) is -2.25. The Labute approximate surface area is 111 Å². The van der Waals surface area contributed by atoms with Crippen LogP contribution < -0.4 is 11.5 Å². The number of carbonyl (C=O) groups excluding carboxylic acids is 3. The van der Waals surface area contributed by atoms with Crippen LogP contribution in [0.25, 0.3) is 0 Å². The molecule has 2 amide bonds. The van der Waals surface area contributed by atoms with E-state index < -0.39 is 29.5 Å². The zero-order valence-corrected chi connectivity index (χ0v) is 10.7. The van der Waals surface area contributed by atoms with E-state index in [2.05, 4.69) is 4.98 Å². The molecule has 8 nitrogen and oxygen atoms in total. The van der Waals surface area contributed by atoms with Gasteiger partial charge in [0.15, 0.2) is 6.10 Å². The van der Waals surface area contributed by atoms with Crippen molar-refractivity contribution in [3.8, 4) is 0 Å². The molecular formula is C10H11N3O5S. The zero-order chi connectivity index (χ0) is 14.2. The number of nitrogens with zero attached hydrogens (tertiary/aromatic N) is 1. The van der Waals surface area contributed by atoms with E-state index in [9.17, 15) is 14.4 Å². The summed E-state index contributed by atoms with van der Waals surface area (Å²) in [7, 11) is 0. The summed E-state index contributed by atoms with van der Waals surface area (Å²) in [5, 5.41) is 0.117. The Morgan fingerprint density at radius 1 is 1.53 bits per heavy atom. The molecule has 4 N–H and O–H groups in total. The first kappa shape index (κ1) is 13.4. The molecule has 1 saturated heterocycles. The number of rotatable bonds is 5. The van der Waals surface area contributed by atoms with Crippen molar-refractivity contribution < 1.29 is 23.9 Å². The van der Waals surface area contributed by atoms with E-state index in [1.165, 1.54) is 6.20 Å². The summed E-state index contributed by atoms with van der Waals surface area (Å²) in [6, 6.07) is 0. The molecule has 2 rings (SSSR count). The highest BCUT2D eigenvalue weighted by Crippen LogP contribution is 2.47. The van der Waals surface area contributed by atoms with Gasteiger partial charge in [-0.3, -0.25) is 9.59 Å². The molecule has 1 aliphatic rings. The van der Waals surface area contributed by atoms with Crippen LogP contribution >= 0.6 is 11.3 Å². The van der Waals surface area contributed by atoms with Gasteiger partial charge in [-0.05, 0) is 6.92 Å². The molecule has 102 valence electrons. The lowest BCUT2D eigenvalue weighted by Gasteiger charge is -2.03. The van der Waals surface area contributed by atoms with E-state index in [-0.39, 0.29) is 16.5 Å². The third kappa shape index (κ3) is 2.06. The maximum Gasteiger partial charge on any atom is 0.349 e. The van der Waals surface area contributed by atoms with E-state index >= 15 is 0 Å². The average Bonchev–Trinajstić information content (AvgIpc) is 2.93. The Kier molecular flexibility index (Phi) is 3.25. The topological polar surface area (TPSA) is 138 Å². The molecule has 1 fully saturated rings. The molecule has 2 atom stereocenters. The minimum atomic E-state index is -1.65. The van der Waals surface area contributed by atoms with E-state index in [4.69, 9.17) is 20.9 Å². The summed E-state index contributed by atoms with van der Waals surface area (Å²) >= 11 is 0.881. The van der Waals surface area contributed by atoms with Crippen LogP contribution in [0.2, 0.25) is 0 Å². The predicted molar refractivity (Wildman–Crippen MR) is 63.0 cm³/mol. The van der Waals surface area contributed by atoms with Gasteiger partial charge in [0, 0.05) is 0 Å². The van der Waals surface area contributed by atoms with Gasteiger partial charge in [0.25, 0.3) is 11.8 Å². The highest BCUT2D eigenvalue weighted by Gasteiger charge is 2.68. The standard InChI is InChI=1S/C10H11N3O5S/c1-2-17-7(15)4-3-13-9(19-4)10(8(12)16)5(18-10)6(11)14/h3,5H,2H2,1H3,(H2,11,14)(H2,12,16). The van der Waals surface area contributed by atoms with Crippen LogP contribution in [-0.4, -0.2) is 35.5 Å². The van der Waals surface area contributed by atoms with Crippen LogP contribution in [0, 0.1) is 0 Å². The number of aromatic nitrogens is 1. The predicted octanol–water partition coefficient (Wildman–Crippen LogP) is -1.12. The Bertz CT molecular complexity index is 557. The third-order valence-corrected chi connectivity index (χ3v) is 3.63. The second kappa shape index (κ2) is 4.59. The molecule has 1 aromatic rings. The Morgan fingerprint density at radius 3 is 2.68 bits per heavy atom. The Balaban J connectivity index is 2.29. The smallest absolute Gasteiger partial charge is 0.349 e. The number of esters is 1. The molecule has 1 aliphatic heterocycles. The van der Waals surface area contributed by atoms with Gasteiger partial charge in [0.2, 0.25) is 5.60 Å². The first-order chi connectivity index (χ1) is 8.93. The van der Waals surface area contributed by atoms with Crippen LogP contribution in [0.1, 0.15) is 21.6 Å². The number of ether oxygens (including phenoxy) is 2. The molecule has 9 heteroatoms. The van der Waals surface area contributed by atoms with E-state index in [1.807, 2.05) is 0 Å². The summed E-state index contributed by atoms with van der Waals surface area (Å²) in [6.07, 6.45) is 0.0915. The minimum absolute atomic E-state index is 0.117. The van der Waals surface area contributed by atoms with Crippen molar-refractivity contribution in [3.05, 3.63) is 16.1 Å². The first-order valence-electron chi connectivity index (χ1n) is 5.34. The second-order valence-corrected chi connectivity index (χ2v) is 4.78. The van der Waals surface area contributed by atoms with Crippen molar-refractivity contribution in [3.63, 3.8) is 0 Å². The van der Waals surface area contributed by atoms with Crippen molar-refractivity contribution in [2.45, 2.75) is 18.6 Å². The van der Waals surface area contributed by atoms with E-state index in [0.717, 1.165) is 11.3 Å². The van der Waals surface area contributed by atoms with E-state index in [1.54, 1.807) is 6.92 Å². The van der Waals surface area contributed by atoms with Crippen LogP contribution in [0.3, 0.4) is 0 Å². The lowest BCUT2D eigenvalue weighted by molar-refractivity contribution is -0.124. The number of thiazole rings is 1. The Hall–Kier alpha value is -2.00. The number of epoxide rings is 1. The normalized spacial score (nSPS) is 24.8. The molecular weight excluding hydrogens is 274 g/mol. The molecule has 2 heterocycles. The van der Waals surface area contributed by atoms with Gasteiger partial charge >= 0.3 is 5.97 Å². The highest BCUT2D eigenvalue weighted by molar-refractivity contribution is 7.13. The van der Waals surface area contributed by atoms with Crippen LogP contribution in [0.15, 0.2) is 6.20 Å². The van der Waals surface area contributed by atoms with Gasteiger partial charge in [0.1, 0.15) is 9.88 Å². The van der Waals surface area contributed by atoms with Gasteiger partial charge in [-0.15, -0.1) is 11.3 Å².